The number of hydrogen-bond acceptors (Lipinski definition) is 4. The molecule has 3 saturated carbocycles. The molecule has 0 saturated heterocycles. The van der Waals surface area contributed by atoms with Crippen molar-refractivity contribution in [3.05, 3.63) is 18.2 Å². The first-order chi connectivity index (χ1) is 11.5. The van der Waals surface area contributed by atoms with E-state index in [1.807, 2.05) is 0 Å². The zero-order valence-electron chi connectivity index (χ0n) is 14.0. The van der Waals surface area contributed by atoms with Crippen molar-refractivity contribution < 1.29 is 24.2 Å². The Labute approximate surface area is 141 Å². The Morgan fingerprint density at radius 3 is 1.92 bits per heavy atom. The van der Waals surface area contributed by atoms with Crippen molar-refractivity contribution in [3.63, 3.8) is 0 Å². The molecule has 6 nitrogen and oxygen atoms in total. The van der Waals surface area contributed by atoms with Gasteiger partial charge in [-0.1, -0.05) is 0 Å². The molecule has 1 amide bonds. The zero-order valence-corrected chi connectivity index (χ0v) is 14.0. The molecule has 3 aliphatic carbocycles. The summed E-state index contributed by atoms with van der Waals surface area (Å²) in [6.07, 6.45) is 3.71. The number of rotatable bonds is 5. The van der Waals surface area contributed by atoms with Crippen molar-refractivity contribution in [3.8, 4) is 11.5 Å². The van der Waals surface area contributed by atoms with E-state index in [1.165, 1.54) is 0 Å². The van der Waals surface area contributed by atoms with Gasteiger partial charge in [-0.25, -0.2) is 0 Å². The van der Waals surface area contributed by atoms with Crippen LogP contribution in [0.15, 0.2) is 18.2 Å². The van der Waals surface area contributed by atoms with Gasteiger partial charge in [-0.05, 0) is 37.5 Å². The van der Waals surface area contributed by atoms with Crippen LogP contribution in [0.4, 0.5) is 5.69 Å². The number of carbonyl (C=O) groups excluding carboxylic acids is 1. The summed E-state index contributed by atoms with van der Waals surface area (Å²) in [7, 11) is 3.09. The second-order valence-electron chi connectivity index (χ2n) is 6.66. The first-order valence-electron chi connectivity index (χ1n) is 8.30. The van der Waals surface area contributed by atoms with Gasteiger partial charge in [-0.3, -0.25) is 9.59 Å². The van der Waals surface area contributed by atoms with Crippen LogP contribution >= 0.6 is 0 Å². The molecule has 0 radical (unpaired) electrons. The van der Waals surface area contributed by atoms with Gasteiger partial charge in [-0.2, -0.15) is 0 Å². The van der Waals surface area contributed by atoms with Crippen molar-refractivity contribution in [2.24, 2.45) is 23.7 Å². The van der Waals surface area contributed by atoms with Gasteiger partial charge < -0.3 is 19.9 Å². The molecule has 130 valence electrons. The largest absolute Gasteiger partial charge is 0.497 e. The van der Waals surface area contributed by atoms with E-state index in [2.05, 4.69) is 5.32 Å². The minimum Gasteiger partial charge on any atom is -0.497 e. The van der Waals surface area contributed by atoms with Gasteiger partial charge in [0.05, 0.1) is 26.1 Å². The lowest BCUT2D eigenvalue weighted by Crippen LogP contribution is -2.49. The average Bonchev–Trinajstić information content (AvgIpc) is 2.61. The number of amides is 1. The summed E-state index contributed by atoms with van der Waals surface area (Å²) in [5, 5.41) is 12.5. The smallest absolute Gasteiger partial charge is 0.307 e. The lowest BCUT2D eigenvalue weighted by molar-refractivity contribution is -0.156. The van der Waals surface area contributed by atoms with Crippen LogP contribution in [0.25, 0.3) is 0 Å². The topological polar surface area (TPSA) is 84.9 Å². The molecular weight excluding hydrogens is 310 g/mol. The quantitative estimate of drug-likeness (QED) is 0.865. The van der Waals surface area contributed by atoms with Crippen LogP contribution in [-0.4, -0.2) is 31.2 Å². The number of ether oxygens (including phenoxy) is 2. The molecule has 3 aliphatic rings. The van der Waals surface area contributed by atoms with Gasteiger partial charge in [0.15, 0.2) is 0 Å². The fraction of sp³-hybridized carbons (Fsp3) is 0.556. The van der Waals surface area contributed by atoms with Gasteiger partial charge in [0.25, 0.3) is 0 Å². The van der Waals surface area contributed by atoms with Crippen LogP contribution in [-0.2, 0) is 9.59 Å². The van der Waals surface area contributed by atoms with E-state index in [9.17, 15) is 14.7 Å². The molecular formula is C18H23NO5. The minimum absolute atomic E-state index is 0.114. The number of carbonyl (C=O) groups is 2. The van der Waals surface area contributed by atoms with E-state index in [0.717, 1.165) is 25.7 Å². The number of nitrogens with one attached hydrogen (secondary N) is 1. The maximum Gasteiger partial charge on any atom is 0.307 e. The van der Waals surface area contributed by atoms with Crippen LogP contribution < -0.4 is 14.8 Å². The number of anilines is 1. The summed E-state index contributed by atoms with van der Waals surface area (Å²) >= 11 is 0. The Morgan fingerprint density at radius 1 is 0.958 bits per heavy atom. The highest BCUT2D eigenvalue weighted by Gasteiger charge is 2.50. The predicted octanol–water partition coefficient (Wildman–Crippen LogP) is 2.78. The highest BCUT2D eigenvalue weighted by molar-refractivity contribution is 5.96. The Hall–Kier alpha value is -2.24. The van der Waals surface area contributed by atoms with Crippen molar-refractivity contribution in [2.75, 3.05) is 19.5 Å². The molecule has 1 aromatic rings. The van der Waals surface area contributed by atoms with Crippen LogP contribution in [0.5, 0.6) is 11.5 Å². The van der Waals surface area contributed by atoms with Crippen LogP contribution in [0.3, 0.4) is 0 Å². The number of carboxylic acids is 1. The molecule has 2 bridgehead atoms. The van der Waals surface area contributed by atoms with E-state index < -0.39 is 17.8 Å². The molecule has 0 spiro atoms. The summed E-state index contributed by atoms with van der Waals surface area (Å²) in [5.74, 6) is -0.696. The molecule has 24 heavy (non-hydrogen) atoms. The molecule has 1 aromatic carbocycles. The molecule has 2 N–H and O–H groups in total. The van der Waals surface area contributed by atoms with Crippen LogP contribution in [0, 0.1) is 23.7 Å². The Bertz CT molecular complexity index is 614. The maximum absolute atomic E-state index is 12.8. The third-order valence-corrected chi connectivity index (χ3v) is 5.43. The lowest BCUT2D eigenvalue weighted by atomic mass is 9.58. The first-order valence-corrected chi connectivity index (χ1v) is 8.30. The SMILES string of the molecule is COc1cc(NC(=O)C2C3CCC(CC3)C2C(=O)O)cc(OC)c1. The van der Waals surface area contributed by atoms with E-state index in [0.29, 0.717) is 17.2 Å². The molecule has 6 heteroatoms. The van der Waals surface area contributed by atoms with Crippen molar-refractivity contribution >= 4 is 17.6 Å². The summed E-state index contributed by atoms with van der Waals surface area (Å²) < 4.78 is 10.4. The Morgan fingerprint density at radius 2 is 1.46 bits per heavy atom. The van der Waals surface area contributed by atoms with E-state index in [1.54, 1.807) is 32.4 Å². The Kier molecular flexibility index (Phi) is 4.64. The number of fused-ring (bicyclic) bond motifs is 3. The van der Waals surface area contributed by atoms with Gasteiger partial charge >= 0.3 is 5.97 Å². The second kappa shape index (κ2) is 6.71. The van der Waals surface area contributed by atoms with Gasteiger partial charge in [0.2, 0.25) is 5.91 Å². The van der Waals surface area contributed by atoms with E-state index >= 15 is 0 Å². The molecule has 2 unspecified atom stereocenters. The molecule has 4 rings (SSSR count). The number of aliphatic carboxylic acids is 1. The standard InChI is InChI=1S/C18H23NO5/c1-23-13-7-12(8-14(9-13)24-2)19-17(20)15-10-3-5-11(6-4-10)16(15)18(21)22/h7-11,15-16H,3-6H2,1-2H3,(H,19,20)(H,21,22). The van der Waals surface area contributed by atoms with E-state index in [4.69, 9.17) is 9.47 Å². The van der Waals surface area contributed by atoms with Crippen LogP contribution in [0.2, 0.25) is 0 Å². The number of carboxylic acid groups (broad SMARTS) is 1. The second-order valence-corrected chi connectivity index (χ2v) is 6.66. The normalized spacial score (nSPS) is 28.2. The van der Waals surface area contributed by atoms with Crippen molar-refractivity contribution in [2.45, 2.75) is 25.7 Å². The molecule has 0 aliphatic heterocycles. The molecule has 3 fully saturated rings. The highest BCUT2D eigenvalue weighted by Crippen LogP contribution is 2.49. The fourth-order valence-electron chi connectivity index (χ4n) is 4.29. The van der Waals surface area contributed by atoms with Gasteiger partial charge in [0.1, 0.15) is 11.5 Å². The zero-order chi connectivity index (χ0) is 17.3. The van der Waals surface area contributed by atoms with Gasteiger partial charge in [0, 0.05) is 23.9 Å². The van der Waals surface area contributed by atoms with Gasteiger partial charge in [-0.15, -0.1) is 0 Å². The fourth-order valence-corrected chi connectivity index (χ4v) is 4.29. The third kappa shape index (κ3) is 3.05. The monoisotopic (exact) mass is 333 g/mol. The number of benzene rings is 1. The van der Waals surface area contributed by atoms with Crippen molar-refractivity contribution in [1.82, 2.24) is 0 Å². The third-order valence-electron chi connectivity index (χ3n) is 5.43. The summed E-state index contributed by atoms with van der Waals surface area (Å²) in [6.45, 7) is 0. The highest BCUT2D eigenvalue weighted by atomic mass is 16.5. The summed E-state index contributed by atoms with van der Waals surface area (Å²) in [6, 6.07) is 5.13. The molecule has 0 aromatic heterocycles. The first kappa shape index (κ1) is 16.6. The number of hydrogen-bond donors (Lipinski definition) is 2. The number of methoxy groups -OCH3 is 2. The predicted molar refractivity (Wildman–Crippen MR) is 88.2 cm³/mol. The van der Waals surface area contributed by atoms with E-state index in [-0.39, 0.29) is 17.7 Å². The molecule has 2 atom stereocenters. The molecule has 0 heterocycles. The Balaban J connectivity index is 1.82. The average molecular weight is 333 g/mol. The van der Waals surface area contributed by atoms with Crippen molar-refractivity contribution in [1.29, 1.82) is 0 Å². The summed E-state index contributed by atoms with van der Waals surface area (Å²) in [4.78, 5) is 24.5. The lowest BCUT2D eigenvalue weighted by Gasteiger charge is -2.45. The summed E-state index contributed by atoms with van der Waals surface area (Å²) in [5.41, 5.74) is 0.557. The minimum atomic E-state index is -0.854. The maximum atomic E-state index is 12.8. The van der Waals surface area contributed by atoms with Crippen LogP contribution in [0.1, 0.15) is 25.7 Å².